The number of thioether (sulfide) groups is 1. The van der Waals surface area contributed by atoms with Crippen LogP contribution in [0.25, 0.3) is 0 Å². The predicted molar refractivity (Wildman–Crippen MR) is 80.6 cm³/mol. The van der Waals surface area contributed by atoms with Gasteiger partial charge >= 0.3 is 0 Å². The molecule has 7 N–H and O–H groups in total. The second kappa shape index (κ2) is 6.41. The van der Waals surface area contributed by atoms with E-state index in [0.717, 1.165) is 0 Å². The molecule has 0 aliphatic carbocycles. The highest BCUT2D eigenvalue weighted by molar-refractivity contribution is 8.01. The molecule has 2 fully saturated rings. The van der Waals surface area contributed by atoms with Crippen LogP contribution in [-0.4, -0.2) is 76.2 Å². The lowest BCUT2D eigenvalue weighted by Gasteiger charge is -2.48. The molecule has 124 valence electrons. The number of nitrogens with zero attached hydrogens (tertiary/aromatic N) is 1. The molecule has 2 aliphatic heterocycles. The fraction of sp³-hybridized carbons (Fsp3) is 0.750. The van der Waals surface area contributed by atoms with Gasteiger partial charge in [0.05, 0.1) is 31.8 Å². The Morgan fingerprint density at radius 2 is 2.14 bits per heavy atom. The van der Waals surface area contributed by atoms with Crippen molar-refractivity contribution in [3.8, 4) is 0 Å². The highest BCUT2D eigenvalue weighted by atomic mass is 32.2. The molecule has 22 heavy (non-hydrogen) atoms. The monoisotopic (exact) mass is 331 g/mol. The first-order valence-corrected chi connectivity index (χ1v) is 7.93. The molecule has 0 aromatic rings. The molecule has 0 aromatic carbocycles. The van der Waals surface area contributed by atoms with Crippen LogP contribution in [0.4, 0.5) is 0 Å². The number of primary amides is 1. The lowest BCUT2D eigenvalue weighted by molar-refractivity contribution is -0.140. The molecule has 0 radical (unpaired) electrons. The number of nitrogens with two attached hydrogens (primary N) is 2. The van der Waals surface area contributed by atoms with E-state index >= 15 is 0 Å². The van der Waals surface area contributed by atoms with Crippen molar-refractivity contribution in [2.75, 3.05) is 25.4 Å². The zero-order chi connectivity index (χ0) is 16.5. The van der Waals surface area contributed by atoms with Gasteiger partial charge in [0.15, 0.2) is 0 Å². The molecule has 0 bridgehead atoms. The summed E-state index contributed by atoms with van der Waals surface area (Å²) in [6.07, 6.45) is -0.902. The maximum Gasteiger partial charge on any atom is 0.242 e. The summed E-state index contributed by atoms with van der Waals surface area (Å²) in [6.45, 7) is 2.13. The molecule has 1 spiro atoms. The van der Waals surface area contributed by atoms with E-state index in [2.05, 4.69) is 10.6 Å². The van der Waals surface area contributed by atoms with Crippen LogP contribution in [-0.2, 0) is 14.4 Å². The Hall–Kier alpha value is -1.36. The van der Waals surface area contributed by atoms with Gasteiger partial charge in [0.2, 0.25) is 17.7 Å². The van der Waals surface area contributed by atoms with Gasteiger partial charge in [0.1, 0.15) is 10.9 Å². The molecule has 9 nitrogen and oxygen atoms in total. The number of carbonyl (C=O) groups is 3. The standard InChI is InChI=1S/C12H21N5O4S/c1-6(18)9(14)11(21)17-4-12(5-17)16-7(3-22-12)10(20)15-2-8(13)19/h6-7,9,16,18H,2-5,14H2,1H3,(H2,13,19)(H,15,20)/t6-,7+,9+/m1/s1. The molecule has 0 saturated carbocycles. The molecule has 2 aliphatic rings. The molecule has 10 heteroatoms. The lowest BCUT2D eigenvalue weighted by atomic mass is 10.0. The van der Waals surface area contributed by atoms with E-state index in [4.69, 9.17) is 11.5 Å². The molecular formula is C12H21N5O4S. The SMILES string of the molecule is C[C@@H](O)[C@H](N)C(=O)N1CC2(C1)N[C@H](C(=O)NCC(N)=O)CS2. The van der Waals surface area contributed by atoms with Gasteiger partial charge in [-0.2, -0.15) is 0 Å². The summed E-state index contributed by atoms with van der Waals surface area (Å²) in [4.78, 5) is 35.7. The Labute approximate surface area is 132 Å². The molecule has 3 atom stereocenters. The Balaban J connectivity index is 1.81. The van der Waals surface area contributed by atoms with Crippen molar-refractivity contribution in [2.24, 2.45) is 11.5 Å². The fourth-order valence-electron chi connectivity index (χ4n) is 2.41. The van der Waals surface area contributed by atoms with Crippen LogP contribution in [0.15, 0.2) is 0 Å². The van der Waals surface area contributed by atoms with Crippen LogP contribution in [0.5, 0.6) is 0 Å². The minimum Gasteiger partial charge on any atom is -0.391 e. The fourth-order valence-corrected chi connectivity index (χ4v) is 3.85. The minimum absolute atomic E-state index is 0.192. The number of hydrogen-bond acceptors (Lipinski definition) is 7. The highest BCUT2D eigenvalue weighted by Crippen LogP contribution is 2.38. The topological polar surface area (TPSA) is 151 Å². The van der Waals surface area contributed by atoms with E-state index in [1.165, 1.54) is 6.92 Å². The second-order valence-corrected chi connectivity index (χ2v) is 7.05. The van der Waals surface area contributed by atoms with Crippen molar-refractivity contribution < 1.29 is 19.5 Å². The molecule has 3 amide bonds. The third kappa shape index (κ3) is 3.51. The summed E-state index contributed by atoms with van der Waals surface area (Å²) in [6, 6.07) is -1.36. The van der Waals surface area contributed by atoms with Crippen LogP contribution in [0, 0.1) is 0 Å². The first-order valence-electron chi connectivity index (χ1n) is 6.94. The van der Waals surface area contributed by atoms with Gasteiger partial charge in [0, 0.05) is 5.75 Å². The normalized spacial score (nSPS) is 25.4. The lowest BCUT2D eigenvalue weighted by Crippen LogP contribution is -2.70. The Kier molecular flexibility index (Phi) is 4.95. The molecule has 0 aromatic heterocycles. The van der Waals surface area contributed by atoms with Crippen molar-refractivity contribution in [3.05, 3.63) is 0 Å². The number of amides is 3. The largest absolute Gasteiger partial charge is 0.391 e. The summed E-state index contributed by atoms with van der Waals surface area (Å²) in [7, 11) is 0. The maximum absolute atomic E-state index is 12.0. The van der Waals surface area contributed by atoms with E-state index in [1.807, 2.05) is 0 Å². The van der Waals surface area contributed by atoms with Crippen molar-refractivity contribution >= 4 is 29.5 Å². The van der Waals surface area contributed by atoms with E-state index in [-0.39, 0.29) is 23.2 Å². The molecule has 2 heterocycles. The molecule has 0 unspecified atom stereocenters. The van der Waals surface area contributed by atoms with Crippen molar-refractivity contribution in [1.29, 1.82) is 0 Å². The molecular weight excluding hydrogens is 310 g/mol. The van der Waals surface area contributed by atoms with Crippen LogP contribution >= 0.6 is 11.8 Å². The van der Waals surface area contributed by atoms with E-state index in [1.54, 1.807) is 16.7 Å². The van der Waals surface area contributed by atoms with E-state index in [0.29, 0.717) is 18.8 Å². The van der Waals surface area contributed by atoms with Gasteiger partial charge in [-0.25, -0.2) is 0 Å². The number of hydrogen-bond donors (Lipinski definition) is 5. The third-order valence-electron chi connectivity index (χ3n) is 3.73. The zero-order valence-corrected chi connectivity index (χ0v) is 13.1. The van der Waals surface area contributed by atoms with Gasteiger partial charge in [-0.15, -0.1) is 11.8 Å². The Morgan fingerprint density at radius 1 is 1.50 bits per heavy atom. The van der Waals surface area contributed by atoms with Gasteiger partial charge in [-0.05, 0) is 6.92 Å². The summed E-state index contributed by atoms with van der Waals surface area (Å²) in [5.41, 5.74) is 10.6. The predicted octanol–water partition coefficient (Wildman–Crippen LogP) is -3.46. The average Bonchev–Trinajstić information content (AvgIpc) is 2.86. The smallest absolute Gasteiger partial charge is 0.242 e. The van der Waals surface area contributed by atoms with Gasteiger partial charge in [-0.1, -0.05) is 0 Å². The first-order chi connectivity index (χ1) is 10.2. The number of likely N-dealkylation sites (tertiary alicyclic amines) is 1. The maximum atomic E-state index is 12.0. The van der Waals surface area contributed by atoms with Crippen LogP contribution in [0.3, 0.4) is 0 Å². The zero-order valence-electron chi connectivity index (χ0n) is 12.2. The Bertz CT molecular complexity index is 480. The quantitative estimate of drug-likeness (QED) is 0.351. The van der Waals surface area contributed by atoms with Gasteiger partial charge in [-0.3, -0.25) is 19.7 Å². The highest BCUT2D eigenvalue weighted by Gasteiger charge is 2.52. The number of aliphatic hydroxyl groups excluding tert-OH is 1. The number of aliphatic hydroxyl groups is 1. The number of rotatable bonds is 5. The summed E-state index contributed by atoms with van der Waals surface area (Å²) < 4.78 is 0. The summed E-state index contributed by atoms with van der Waals surface area (Å²) in [5.74, 6) is -0.630. The average molecular weight is 331 g/mol. The Morgan fingerprint density at radius 3 is 2.68 bits per heavy atom. The van der Waals surface area contributed by atoms with Gasteiger partial charge in [0.25, 0.3) is 0 Å². The van der Waals surface area contributed by atoms with Crippen molar-refractivity contribution in [1.82, 2.24) is 15.5 Å². The minimum atomic E-state index is -0.932. The van der Waals surface area contributed by atoms with Crippen LogP contribution in [0.2, 0.25) is 0 Å². The number of nitrogens with one attached hydrogen (secondary N) is 2. The van der Waals surface area contributed by atoms with E-state index < -0.39 is 24.1 Å². The third-order valence-corrected chi connectivity index (χ3v) is 5.15. The number of carbonyl (C=O) groups excluding carboxylic acids is 3. The van der Waals surface area contributed by atoms with Crippen LogP contribution in [0.1, 0.15) is 6.92 Å². The summed E-state index contributed by atoms with van der Waals surface area (Å²) >= 11 is 1.56. The molecule has 2 saturated heterocycles. The van der Waals surface area contributed by atoms with Crippen molar-refractivity contribution in [3.63, 3.8) is 0 Å². The molecule has 2 rings (SSSR count). The summed E-state index contributed by atoms with van der Waals surface area (Å²) in [5, 5.41) is 15.0. The van der Waals surface area contributed by atoms with E-state index in [9.17, 15) is 19.5 Å². The van der Waals surface area contributed by atoms with Crippen LogP contribution < -0.4 is 22.1 Å². The first kappa shape index (κ1) is 17.0. The second-order valence-electron chi connectivity index (χ2n) is 5.65. The van der Waals surface area contributed by atoms with Crippen molar-refractivity contribution in [2.45, 2.75) is 30.0 Å². The van der Waals surface area contributed by atoms with Gasteiger partial charge < -0.3 is 26.8 Å².